The molecule has 0 radical (unpaired) electrons. The molecule has 1 aromatic carbocycles. The zero-order valence-corrected chi connectivity index (χ0v) is 9.24. The molecule has 1 unspecified atom stereocenters. The van der Waals surface area contributed by atoms with Gasteiger partial charge in [0.05, 0.1) is 12.9 Å². The summed E-state index contributed by atoms with van der Waals surface area (Å²) in [6.07, 6.45) is 5.18. The van der Waals surface area contributed by atoms with Crippen LogP contribution in [0.4, 0.5) is 0 Å². The van der Waals surface area contributed by atoms with Crippen LogP contribution in [0.5, 0.6) is 5.75 Å². The molecule has 0 bridgehead atoms. The van der Waals surface area contributed by atoms with Gasteiger partial charge in [0.25, 0.3) is 0 Å². The Hall–Kier alpha value is -2.10. The summed E-state index contributed by atoms with van der Waals surface area (Å²) in [5.74, 6) is 0.966. The van der Waals surface area contributed by atoms with Crippen LogP contribution in [-0.2, 0) is 13.0 Å². The number of aromatic nitrogens is 2. The SMILES string of the molecule is O=Cc1cn(CC2Cc3ccccc3O2)cn1. The van der Waals surface area contributed by atoms with E-state index in [1.807, 2.05) is 22.8 Å². The number of carbonyl (C=O) groups excluding carboxylic acids is 1. The Morgan fingerprint density at radius 1 is 1.47 bits per heavy atom. The minimum atomic E-state index is 0.126. The summed E-state index contributed by atoms with van der Waals surface area (Å²) < 4.78 is 7.71. The second kappa shape index (κ2) is 4.05. The predicted octanol–water partition coefficient (Wildman–Crippen LogP) is 1.70. The summed E-state index contributed by atoms with van der Waals surface area (Å²) in [5, 5.41) is 0. The molecule has 2 aromatic rings. The standard InChI is InChI=1S/C13H12N2O2/c16-8-11-6-15(9-14-11)7-12-5-10-3-1-2-4-13(10)17-12/h1-4,6,8-9,12H,5,7H2. The van der Waals surface area contributed by atoms with E-state index in [0.29, 0.717) is 5.69 Å². The van der Waals surface area contributed by atoms with Gasteiger partial charge in [0.1, 0.15) is 17.5 Å². The number of fused-ring (bicyclic) bond motifs is 1. The van der Waals surface area contributed by atoms with Crippen molar-refractivity contribution in [1.82, 2.24) is 9.55 Å². The number of ether oxygens (including phenoxy) is 1. The van der Waals surface area contributed by atoms with Crippen molar-refractivity contribution in [2.45, 2.75) is 19.1 Å². The molecular weight excluding hydrogens is 216 g/mol. The van der Waals surface area contributed by atoms with Crippen LogP contribution in [0.1, 0.15) is 16.1 Å². The van der Waals surface area contributed by atoms with Crippen LogP contribution in [0.25, 0.3) is 0 Å². The molecule has 3 rings (SSSR count). The normalized spacial score (nSPS) is 17.5. The third-order valence-corrected chi connectivity index (χ3v) is 2.90. The first kappa shape index (κ1) is 10.1. The molecule has 0 fully saturated rings. The van der Waals surface area contributed by atoms with Gasteiger partial charge < -0.3 is 9.30 Å². The second-order valence-corrected chi connectivity index (χ2v) is 4.16. The van der Waals surface area contributed by atoms with E-state index in [2.05, 4.69) is 11.1 Å². The highest BCUT2D eigenvalue weighted by Crippen LogP contribution is 2.28. The number of nitrogens with zero attached hydrogens (tertiary/aromatic N) is 2. The molecule has 0 aliphatic carbocycles. The summed E-state index contributed by atoms with van der Waals surface area (Å²) in [7, 11) is 0. The predicted molar refractivity (Wildman–Crippen MR) is 62.2 cm³/mol. The van der Waals surface area contributed by atoms with E-state index in [4.69, 9.17) is 4.74 Å². The number of imidazole rings is 1. The summed E-state index contributed by atoms with van der Waals surface area (Å²) >= 11 is 0. The average molecular weight is 228 g/mol. The fraction of sp³-hybridized carbons (Fsp3) is 0.231. The molecule has 0 saturated heterocycles. The molecule has 17 heavy (non-hydrogen) atoms. The largest absolute Gasteiger partial charge is 0.488 e. The van der Waals surface area contributed by atoms with E-state index >= 15 is 0 Å². The Bertz CT molecular complexity index is 523. The third kappa shape index (κ3) is 1.93. The number of benzene rings is 1. The van der Waals surface area contributed by atoms with Crippen molar-refractivity contribution in [3.63, 3.8) is 0 Å². The van der Waals surface area contributed by atoms with Gasteiger partial charge in [-0.15, -0.1) is 0 Å². The lowest BCUT2D eigenvalue weighted by Gasteiger charge is -2.10. The highest BCUT2D eigenvalue weighted by Gasteiger charge is 2.22. The number of hydrogen-bond acceptors (Lipinski definition) is 3. The van der Waals surface area contributed by atoms with Gasteiger partial charge in [0.15, 0.2) is 6.29 Å². The molecule has 0 N–H and O–H groups in total. The van der Waals surface area contributed by atoms with Gasteiger partial charge in [-0.1, -0.05) is 18.2 Å². The molecule has 1 aliphatic rings. The summed E-state index contributed by atoms with van der Waals surface area (Å²) in [6, 6.07) is 8.06. The van der Waals surface area contributed by atoms with Crippen LogP contribution in [0.3, 0.4) is 0 Å². The number of aldehydes is 1. The van der Waals surface area contributed by atoms with Crippen molar-refractivity contribution in [2.75, 3.05) is 0 Å². The van der Waals surface area contributed by atoms with Crippen molar-refractivity contribution in [3.05, 3.63) is 48.0 Å². The number of carbonyl (C=O) groups is 1. The number of hydrogen-bond donors (Lipinski definition) is 0. The molecule has 4 nitrogen and oxygen atoms in total. The van der Waals surface area contributed by atoms with Crippen LogP contribution in [0.2, 0.25) is 0 Å². The molecule has 1 atom stereocenters. The number of rotatable bonds is 3. The Kier molecular flexibility index (Phi) is 2.40. The van der Waals surface area contributed by atoms with Crippen LogP contribution < -0.4 is 4.74 Å². The van der Waals surface area contributed by atoms with Crippen molar-refractivity contribution in [3.8, 4) is 5.75 Å². The fourth-order valence-corrected chi connectivity index (χ4v) is 2.13. The maximum atomic E-state index is 10.5. The summed E-state index contributed by atoms with van der Waals surface area (Å²) in [6.45, 7) is 0.718. The van der Waals surface area contributed by atoms with Gasteiger partial charge in [-0.2, -0.15) is 0 Å². The van der Waals surface area contributed by atoms with Crippen molar-refractivity contribution in [1.29, 1.82) is 0 Å². The quantitative estimate of drug-likeness (QED) is 0.751. The zero-order chi connectivity index (χ0) is 11.7. The molecule has 1 aliphatic heterocycles. The lowest BCUT2D eigenvalue weighted by Crippen LogP contribution is -2.19. The van der Waals surface area contributed by atoms with E-state index in [0.717, 1.165) is 25.0 Å². The minimum absolute atomic E-state index is 0.126. The molecule has 0 amide bonds. The first-order chi connectivity index (χ1) is 8.35. The number of para-hydroxylation sites is 1. The first-order valence-corrected chi connectivity index (χ1v) is 5.56. The van der Waals surface area contributed by atoms with Gasteiger partial charge in [-0.05, 0) is 11.6 Å². The summed E-state index contributed by atoms with van der Waals surface area (Å²) in [4.78, 5) is 14.5. The lowest BCUT2D eigenvalue weighted by atomic mass is 10.1. The molecule has 0 spiro atoms. The average Bonchev–Trinajstić information content (AvgIpc) is 2.94. The zero-order valence-electron chi connectivity index (χ0n) is 9.24. The van der Waals surface area contributed by atoms with Crippen molar-refractivity contribution in [2.24, 2.45) is 0 Å². The van der Waals surface area contributed by atoms with Gasteiger partial charge in [0, 0.05) is 12.6 Å². The van der Waals surface area contributed by atoms with Gasteiger partial charge in [-0.25, -0.2) is 4.98 Å². The minimum Gasteiger partial charge on any atom is -0.488 e. The van der Waals surface area contributed by atoms with Gasteiger partial charge >= 0.3 is 0 Å². The Morgan fingerprint density at radius 2 is 2.35 bits per heavy atom. The van der Waals surface area contributed by atoms with E-state index in [1.165, 1.54) is 5.56 Å². The molecule has 1 aromatic heterocycles. The van der Waals surface area contributed by atoms with Crippen molar-refractivity contribution >= 4 is 6.29 Å². The fourth-order valence-electron chi connectivity index (χ4n) is 2.13. The summed E-state index contributed by atoms with van der Waals surface area (Å²) in [5.41, 5.74) is 1.70. The van der Waals surface area contributed by atoms with Crippen LogP contribution >= 0.6 is 0 Å². The highest BCUT2D eigenvalue weighted by molar-refractivity contribution is 5.70. The second-order valence-electron chi connectivity index (χ2n) is 4.16. The van der Waals surface area contributed by atoms with Crippen LogP contribution in [0.15, 0.2) is 36.8 Å². The van der Waals surface area contributed by atoms with Crippen LogP contribution in [-0.4, -0.2) is 21.9 Å². The van der Waals surface area contributed by atoms with Gasteiger partial charge in [-0.3, -0.25) is 4.79 Å². The molecule has 2 heterocycles. The maximum absolute atomic E-state index is 10.5. The van der Waals surface area contributed by atoms with Gasteiger partial charge in [0.2, 0.25) is 0 Å². The molecule has 86 valence electrons. The lowest BCUT2D eigenvalue weighted by molar-refractivity contribution is 0.111. The Labute approximate surface area is 98.9 Å². The van der Waals surface area contributed by atoms with E-state index in [-0.39, 0.29) is 6.10 Å². The topological polar surface area (TPSA) is 44.1 Å². The Morgan fingerprint density at radius 3 is 3.12 bits per heavy atom. The van der Waals surface area contributed by atoms with E-state index < -0.39 is 0 Å². The maximum Gasteiger partial charge on any atom is 0.169 e. The highest BCUT2D eigenvalue weighted by atomic mass is 16.5. The molecule has 0 saturated carbocycles. The van der Waals surface area contributed by atoms with E-state index in [1.54, 1.807) is 12.5 Å². The Balaban J connectivity index is 1.71. The third-order valence-electron chi connectivity index (χ3n) is 2.90. The van der Waals surface area contributed by atoms with Crippen molar-refractivity contribution < 1.29 is 9.53 Å². The first-order valence-electron chi connectivity index (χ1n) is 5.56. The smallest absolute Gasteiger partial charge is 0.169 e. The van der Waals surface area contributed by atoms with Crippen LogP contribution in [0, 0.1) is 0 Å². The molecular formula is C13H12N2O2. The molecule has 4 heteroatoms. The van der Waals surface area contributed by atoms with E-state index in [9.17, 15) is 4.79 Å². The monoisotopic (exact) mass is 228 g/mol.